The first kappa shape index (κ1) is 14.1. The van der Waals surface area contributed by atoms with Crippen LogP contribution in [0.1, 0.15) is 32.6 Å². The summed E-state index contributed by atoms with van der Waals surface area (Å²) in [6, 6.07) is -1.12. The lowest BCUT2D eigenvalue weighted by Gasteiger charge is -2.29. The number of halogens is 3. The highest BCUT2D eigenvalue weighted by atomic mass is 19.4. The van der Waals surface area contributed by atoms with E-state index in [1.807, 2.05) is 0 Å². The molecule has 1 heterocycles. The maximum Gasteiger partial charge on any atom is 0.390 e. The summed E-state index contributed by atoms with van der Waals surface area (Å²) in [6.07, 6.45) is -3.57. The van der Waals surface area contributed by atoms with Crippen LogP contribution in [0, 0.1) is 5.92 Å². The predicted molar refractivity (Wildman–Crippen MR) is 61.1 cm³/mol. The Bertz CT molecular complexity index is 380. The van der Waals surface area contributed by atoms with Gasteiger partial charge in [0.25, 0.3) is 0 Å². The Hall–Kier alpha value is -1.27. The Labute approximate surface area is 109 Å². The van der Waals surface area contributed by atoms with E-state index in [-0.39, 0.29) is 30.7 Å². The first-order valence-electron chi connectivity index (χ1n) is 6.44. The second kappa shape index (κ2) is 5.02. The number of nitrogens with zero attached hydrogens (tertiary/aromatic N) is 1. The van der Waals surface area contributed by atoms with E-state index in [9.17, 15) is 22.8 Å². The summed E-state index contributed by atoms with van der Waals surface area (Å²) in [6.45, 7) is 1.24. The number of amides is 2. The number of hydrogen-bond donors (Lipinski definition) is 1. The van der Waals surface area contributed by atoms with Crippen molar-refractivity contribution in [2.45, 2.75) is 50.9 Å². The predicted octanol–water partition coefficient (Wildman–Crippen LogP) is 1.45. The van der Waals surface area contributed by atoms with Crippen LogP contribution in [0.4, 0.5) is 13.2 Å². The fraction of sp³-hybridized carbons (Fsp3) is 0.833. The third kappa shape index (κ3) is 3.61. The minimum Gasteiger partial charge on any atom is -0.344 e. The van der Waals surface area contributed by atoms with Gasteiger partial charge in [0.1, 0.15) is 6.04 Å². The number of carbonyl (C=O) groups is 2. The molecule has 0 aromatic carbocycles. The van der Waals surface area contributed by atoms with E-state index in [0.717, 1.165) is 12.8 Å². The molecule has 2 fully saturated rings. The van der Waals surface area contributed by atoms with Crippen LogP contribution < -0.4 is 5.32 Å². The fourth-order valence-corrected chi connectivity index (χ4v) is 2.40. The summed E-state index contributed by atoms with van der Waals surface area (Å²) in [7, 11) is 0. The van der Waals surface area contributed by atoms with Crippen molar-refractivity contribution in [2.24, 2.45) is 5.92 Å². The van der Waals surface area contributed by atoms with Gasteiger partial charge in [0.2, 0.25) is 11.8 Å². The molecule has 108 valence electrons. The third-order valence-corrected chi connectivity index (χ3v) is 3.61. The quantitative estimate of drug-likeness (QED) is 0.849. The van der Waals surface area contributed by atoms with Crippen molar-refractivity contribution in [2.75, 3.05) is 6.54 Å². The van der Waals surface area contributed by atoms with Gasteiger partial charge in [-0.25, -0.2) is 0 Å². The van der Waals surface area contributed by atoms with E-state index in [4.69, 9.17) is 0 Å². The van der Waals surface area contributed by atoms with Gasteiger partial charge in [-0.15, -0.1) is 0 Å². The third-order valence-electron chi connectivity index (χ3n) is 3.61. The second-order valence-electron chi connectivity index (χ2n) is 5.33. The molecule has 2 atom stereocenters. The summed E-state index contributed by atoms with van der Waals surface area (Å²) in [5.74, 6) is -0.535. The Morgan fingerprint density at radius 2 is 1.95 bits per heavy atom. The first-order chi connectivity index (χ1) is 8.78. The molecule has 7 heteroatoms. The standard InChI is InChI=1S/C12H17F3N2O2/c1-7-6-9(18)16-10(8-2-3-8)11(19)17(7)5-4-12(13,14)15/h7-8,10H,2-6H2,1H3,(H,16,18). The Balaban J connectivity index is 2.08. The number of nitrogens with one attached hydrogen (secondary N) is 1. The molecular weight excluding hydrogens is 261 g/mol. The summed E-state index contributed by atoms with van der Waals surface area (Å²) in [4.78, 5) is 25.1. The van der Waals surface area contributed by atoms with Crippen LogP contribution in [0.25, 0.3) is 0 Å². The summed E-state index contributed by atoms with van der Waals surface area (Å²) < 4.78 is 36.9. The van der Waals surface area contributed by atoms with Crippen LogP contribution in [0.15, 0.2) is 0 Å². The Morgan fingerprint density at radius 3 is 2.47 bits per heavy atom. The second-order valence-corrected chi connectivity index (χ2v) is 5.33. The van der Waals surface area contributed by atoms with Crippen LogP contribution in [-0.4, -0.2) is 41.5 Å². The van der Waals surface area contributed by atoms with Gasteiger partial charge in [0, 0.05) is 19.0 Å². The van der Waals surface area contributed by atoms with Crippen molar-refractivity contribution in [1.82, 2.24) is 10.2 Å². The van der Waals surface area contributed by atoms with Crippen LogP contribution >= 0.6 is 0 Å². The molecule has 2 rings (SSSR count). The largest absolute Gasteiger partial charge is 0.390 e. The molecule has 1 saturated carbocycles. The molecule has 1 N–H and O–H groups in total. The normalized spacial score (nSPS) is 29.2. The minimum absolute atomic E-state index is 0.0623. The van der Waals surface area contributed by atoms with E-state index < -0.39 is 24.7 Å². The Morgan fingerprint density at radius 1 is 1.32 bits per heavy atom. The molecule has 2 amide bonds. The van der Waals surface area contributed by atoms with E-state index >= 15 is 0 Å². The van der Waals surface area contributed by atoms with Crippen molar-refractivity contribution < 1.29 is 22.8 Å². The average molecular weight is 278 g/mol. The number of rotatable bonds is 3. The summed E-state index contributed by atoms with van der Waals surface area (Å²) in [5.41, 5.74) is 0. The molecule has 2 unspecified atom stereocenters. The van der Waals surface area contributed by atoms with Crippen LogP contribution in [-0.2, 0) is 9.59 Å². The molecule has 0 bridgehead atoms. The van der Waals surface area contributed by atoms with Gasteiger partial charge in [0.05, 0.1) is 6.42 Å². The van der Waals surface area contributed by atoms with E-state index in [1.54, 1.807) is 6.92 Å². The van der Waals surface area contributed by atoms with E-state index in [1.165, 1.54) is 4.90 Å². The number of hydrogen-bond acceptors (Lipinski definition) is 2. The monoisotopic (exact) mass is 278 g/mol. The van der Waals surface area contributed by atoms with E-state index in [2.05, 4.69) is 5.32 Å². The first-order valence-corrected chi connectivity index (χ1v) is 6.44. The van der Waals surface area contributed by atoms with Crippen molar-refractivity contribution >= 4 is 11.8 Å². The Kier molecular flexibility index (Phi) is 3.73. The lowest BCUT2D eigenvalue weighted by atomic mass is 10.1. The molecule has 0 spiro atoms. The number of alkyl halides is 3. The smallest absolute Gasteiger partial charge is 0.344 e. The number of carbonyl (C=O) groups excluding carboxylic acids is 2. The molecular formula is C12H17F3N2O2. The van der Waals surface area contributed by atoms with Crippen molar-refractivity contribution in [3.8, 4) is 0 Å². The lowest BCUT2D eigenvalue weighted by molar-refractivity contribution is -0.148. The van der Waals surface area contributed by atoms with Crippen molar-refractivity contribution in [1.29, 1.82) is 0 Å². The van der Waals surface area contributed by atoms with E-state index in [0.29, 0.717) is 0 Å². The van der Waals surface area contributed by atoms with Gasteiger partial charge in [-0.3, -0.25) is 9.59 Å². The van der Waals surface area contributed by atoms with Crippen molar-refractivity contribution in [3.63, 3.8) is 0 Å². The lowest BCUT2D eigenvalue weighted by Crippen LogP contribution is -2.48. The highest BCUT2D eigenvalue weighted by Gasteiger charge is 2.43. The molecule has 1 aliphatic heterocycles. The highest BCUT2D eigenvalue weighted by molar-refractivity contribution is 5.91. The molecule has 0 aromatic heterocycles. The summed E-state index contributed by atoms with van der Waals surface area (Å²) in [5, 5.41) is 2.64. The maximum atomic E-state index is 12.3. The van der Waals surface area contributed by atoms with Crippen LogP contribution in [0.2, 0.25) is 0 Å². The van der Waals surface area contributed by atoms with Crippen LogP contribution in [0.3, 0.4) is 0 Å². The van der Waals surface area contributed by atoms with Gasteiger partial charge in [-0.05, 0) is 25.7 Å². The molecule has 0 radical (unpaired) electrons. The molecule has 0 aromatic rings. The van der Waals surface area contributed by atoms with Crippen LogP contribution in [0.5, 0.6) is 0 Å². The maximum absolute atomic E-state index is 12.3. The van der Waals surface area contributed by atoms with Gasteiger partial charge in [0.15, 0.2) is 0 Å². The summed E-state index contributed by atoms with van der Waals surface area (Å²) >= 11 is 0. The average Bonchev–Trinajstić information content (AvgIpc) is 3.06. The topological polar surface area (TPSA) is 49.4 Å². The zero-order valence-corrected chi connectivity index (χ0v) is 10.7. The van der Waals surface area contributed by atoms with Gasteiger partial charge in [-0.2, -0.15) is 13.2 Å². The zero-order chi connectivity index (χ0) is 14.2. The SMILES string of the molecule is CC1CC(=O)NC(C2CC2)C(=O)N1CCC(F)(F)F. The molecule has 4 nitrogen and oxygen atoms in total. The highest BCUT2D eigenvalue weighted by Crippen LogP contribution is 2.35. The zero-order valence-electron chi connectivity index (χ0n) is 10.7. The molecule has 1 saturated heterocycles. The van der Waals surface area contributed by atoms with Gasteiger partial charge >= 0.3 is 6.18 Å². The van der Waals surface area contributed by atoms with Gasteiger partial charge in [-0.1, -0.05) is 0 Å². The molecule has 1 aliphatic carbocycles. The fourth-order valence-electron chi connectivity index (χ4n) is 2.40. The minimum atomic E-state index is -4.29. The molecule has 19 heavy (non-hydrogen) atoms. The van der Waals surface area contributed by atoms with Gasteiger partial charge < -0.3 is 10.2 Å². The molecule has 2 aliphatic rings. The van der Waals surface area contributed by atoms with Crippen molar-refractivity contribution in [3.05, 3.63) is 0 Å².